The predicted octanol–water partition coefficient (Wildman–Crippen LogP) is 1.55. The highest BCUT2D eigenvalue weighted by Gasteiger charge is 2.59. The SMILES string of the molecule is C[C@@H]1C[C@]2([N+](=O)[O-])CCCCC[C@@H](C2=O)[C@H]1O. The smallest absolute Gasteiger partial charge is 0.279 e. The van der Waals surface area contributed by atoms with Gasteiger partial charge in [-0.05, 0) is 18.8 Å². The van der Waals surface area contributed by atoms with Crippen LogP contribution in [0, 0.1) is 22.0 Å². The average Bonchev–Trinajstić information content (AvgIpc) is 2.26. The Kier molecular flexibility index (Phi) is 3.21. The summed E-state index contributed by atoms with van der Waals surface area (Å²) in [4.78, 5) is 23.2. The lowest BCUT2D eigenvalue weighted by molar-refractivity contribution is -0.559. The largest absolute Gasteiger partial charge is 0.392 e. The lowest BCUT2D eigenvalue weighted by atomic mass is 9.64. The van der Waals surface area contributed by atoms with E-state index in [0.717, 1.165) is 19.3 Å². The quantitative estimate of drug-likeness (QED) is 0.558. The second kappa shape index (κ2) is 4.37. The van der Waals surface area contributed by atoms with Crippen LogP contribution in [0.1, 0.15) is 45.4 Å². The monoisotopic (exact) mass is 241 g/mol. The van der Waals surface area contributed by atoms with Gasteiger partial charge in [0.1, 0.15) is 0 Å². The van der Waals surface area contributed by atoms with Crippen LogP contribution in [0.2, 0.25) is 0 Å². The van der Waals surface area contributed by atoms with Crippen LogP contribution in [0.3, 0.4) is 0 Å². The molecule has 0 radical (unpaired) electrons. The number of aliphatic hydroxyl groups is 1. The predicted molar refractivity (Wildman–Crippen MR) is 61.1 cm³/mol. The molecule has 0 aromatic heterocycles. The molecular formula is C12H19NO4. The number of carbonyl (C=O) groups is 1. The van der Waals surface area contributed by atoms with E-state index in [-0.39, 0.29) is 18.1 Å². The molecule has 0 aliphatic heterocycles. The molecule has 5 nitrogen and oxygen atoms in total. The number of aliphatic hydroxyl groups excluding tert-OH is 1. The van der Waals surface area contributed by atoms with Gasteiger partial charge in [-0.2, -0.15) is 0 Å². The van der Waals surface area contributed by atoms with Crippen molar-refractivity contribution in [2.24, 2.45) is 11.8 Å². The summed E-state index contributed by atoms with van der Waals surface area (Å²) in [5, 5.41) is 21.3. The van der Waals surface area contributed by atoms with Crippen molar-refractivity contribution in [2.45, 2.75) is 57.1 Å². The number of fused-ring (bicyclic) bond motifs is 2. The summed E-state index contributed by atoms with van der Waals surface area (Å²) in [6.45, 7) is 1.81. The Hall–Kier alpha value is -0.970. The summed E-state index contributed by atoms with van der Waals surface area (Å²) in [6, 6.07) is 0. The third kappa shape index (κ3) is 1.86. The lowest BCUT2D eigenvalue weighted by Gasteiger charge is -2.40. The van der Waals surface area contributed by atoms with Crippen LogP contribution in [0.15, 0.2) is 0 Å². The average molecular weight is 241 g/mol. The highest BCUT2D eigenvalue weighted by atomic mass is 16.6. The number of carbonyl (C=O) groups excluding carboxylic acids is 1. The molecular weight excluding hydrogens is 222 g/mol. The van der Waals surface area contributed by atoms with E-state index in [1.165, 1.54) is 0 Å². The molecule has 5 heteroatoms. The molecule has 2 saturated carbocycles. The molecule has 1 N–H and O–H groups in total. The molecule has 0 aromatic rings. The van der Waals surface area contributed by atoms with Crippen LogP contribution < -0.4 is 0 Å². The van der Waals surface area contributed by atoms with E-state index in [1.54, 1.807) is 0 Å². The fourth-order valence-corrected chi connectivity index (χ4v) is 3.39. The zero-order valence-corrected chi connectivity index (χ0v) is 10.1. The summed E-state index contributed by atoms with van der Waals surface area (Å²) in [5.41, 5.74) is -1.41. The van der Waals surface area contributed by atoms with Gasteiger partial charge >= 0.3 is 0 Å². The molecule has 0 aromatic carbocycles. The third-order valence-electron chi connectivity index (χ3n) is 4.41. The summed E-state index contributed by atoms with van der Waals surface area (Å²) in [5.74, 6) is -1.02. The van der Waals surface area contributed by atoms with E-state index in [1.807, 2.05) is 6.92 Å². The van der Waals surface area contributed by atoms with Crippen LogP contribution >= 0.6 is 0 Å². The Bertz CT molecular complexity index is 343. The van der Waals surface area contributed by atoms with Crippen LogP contribution in [0.4, 0.5) is 0 Å². The normalized spacial score (nSPS) is 42.7. The molecule has 0 saturated heterocycles. The number of rotatable bonds is 1. The third-order valence-corrected chi connectivity index (χ3v) is 4.41. The van der Waals surface area contributed by atoms with Gasteiger partial charge in [-0.1, -0.05) is 19.8 Å². The van der Waals surface area contributed by atoms with Crippen molar-refractivity contribution in [3.8, 4) is 0 Å². The minimum Gasteiger partial charge on any atom is -0.392 e. The highest BCUT2D eigenvalue weighted by molar-refractivity contribution is 5.90. The van der Waals surface area contributed by atoms with E-state index in [9.17, 15) is 20.0 Å². The van der Waals surface area contributed by atoms with Crippen molar-refractivity contribution in [2.75, 3.05) is 0 Å². The van der Waals surface area contributed by atoms with Crippen LogP contribution in [-0.4, -0.2) is 27.5 Å². The van der Waals surface area contributed by atoms with Gasteiger partial charge in [0.25, 0.3) is 5.54 Å². The second-order valence-corrected chi connectivity index (χ2v) is 5.53. The number of nitrogens with zero attached hydrogens (tertiary/aromatic N) is 1. The summed E-state index contributed by atoms with van der Waals surface area (Å²) in [6.07, 6.45) is 2.97. The first-order chi connectivity index (χ1) is 7.99. The topological polar surface area (TPSA) is 80.4 Å². The number of ketones is 1. The maximum absolute atomic E-state index is 12.3. The maximum atomic E-state index is 12.3. The molecule has 96 valence electrons. The highest BCUT2D eigenvalue weighted by Crippen LogP contribution is 2.42. The Morgan fingerprint density at radius 1 is 1.41 bits per heavy atom. The fraction of sp³-hybridized carbons (Fsp3) is 0.917. The van der Waals surface area contributed by atoms with E-state index in [0.29, 0.717) is 12.8 Å². The van der Waals surface area contributed by atoms with Gasteiger partial charge in [0.15, 0.2) is 0 Å². The number of Topliss-reactive ketones (excluding diaryl/α,β-unsaturated/α-hetero) is 1. The van der Waals surface area contributed by atoms with E-state index < -0.39 is 22.5 Å². The fourth-order valence-electron chi connectivity index (χ4n) is 3.39. The van der Waals surface area contributed by atoms with E-state index >= 15 is 0 Å². The van der Waals surface area contributed by atoms with Gasteiger partial charge in [-0.25, -0.2) is 0 Å². The minimum atomic E-state index is -1.41. The zero-order valence-electron chi connectivity index (χ0n) is 10.1. The molecule has 2 aliphatic carbocycles. The summed E-state index contributed by atoms with van der Waals surface area (Å²) in [7, 11) is 0. The molecule has 0 spiro atoms. The van der Waals surface area contributed by atoms with E-state index in [2.05, 4.69) is 0 Å². The molecule has 17 heavy (non-hydrogen) atoms. The molecule has 2 bridgehead atoms. The van der Waals surface area contributed by atoms with Gasteiger partial charge in [0, 0.05) is 17.8 Å². The molecule has 2 aliphatic rings. The van der Waals surface area contributed by atoms with Crippen molar-refractivity contribution in [1.82, 2.24) is 0 Å². The lowest BCUT2D eigenvalue weighted by Crippen LogP contribution is -2.59. The molecule has 0 amide bonds. The Balaban J connectivity index is 2.39. The van der Waals surface area contributed by atoms with Gasteiger partial charge in [0.05, 0.1) is 12.0 Å². The first-order valence-electron chi connectivity index (χ1n) is 6.36. The van der Waals surface area contributed by atoms with Crippen molar-refractivity contribution < 1.29 is 14.8 Å². The van der Waals surface area contributed by atoms with Gasteiger partial charge in [-0.15, -0.1) is 0 Å². The van der Waals surface area contributed by atoms with Crippen molar-refractivity contribution in [3.63, 3.8) is 0 Å². The Labute approximate surface area is 100 Å². The number of hydrogen-bond donors (Lipinski definition) is 1. The maximum Gasteiger partial charge on any atom is 0.279 e. The van der Waals surface area contributed by atoms with Crippen molar-refractivity contribution >= 4 is 5.78 Å². The summed E-state index contributed by atoms with van der Waals surface area (Å²) >= 11 is 0. The first-order valence-corrected chi connectivity index (χ1v) is 6.36. The van der Waals surface area contributed by atoms with Crippen LogP contribution in [-0.2, 0) is 4.79 Å². The van der Waals surface area contributed by atoms with Crippen molar-refractivity contribution in [3.05, 3.63) is 10.1 Å². The van der Waals surface area contributed by atoms with Crippen LogP contribution in [0.25, 0.3) is 0 Å². The van der Waals surface area contributed by atoms with Gasteiger partial charge < -0.3 is 5.11 Å². The van der Waals surface area contributed by atoms with Gasteiger partial charge in [0.2, 0.25) is 5.78 Å². The Morgan fingerprint density at radius 3 is 2.76 bits per heavy atom. The molecule has 4 atom stereocenters. The van der Waals surface area contributed by atoms with Crippen molar-refractivity contribution in [1.29, 1.82) is 0 Å². The second-order valence-electron chi connectivity index (χ2n) is 5.53. The molecule has 0 heterocycles. The number of hydrogen-bond acceptors (Lipinski definition) is 4. The number of nitro groups is 1. The zero-order chi connectivity index (χ0) is 12.6. The van der Waals surface area contributed by atoms with Crippen LogP contribution in [0.5, 0.6) is 0 Å². The molecule has 0 unspecified atom stereocenters. The van der Waals surface area contributed by atoms with Gasteiger partial charge in [-0.3, -0.25) is 14.9 Å². The first kappa shape index (κ1) is 12.5. The van der Waals surface area contributed by atoms with E-state index in [4.69, 9.17) is 0 Å². The standard InChI is InChI=1S/C12H19NO4/c1-8-7-12(13(16)17)6-4-2-3-5-9(10(8)14)11(12)15/h8-10,14H,2-7H2,1H3/t8-,9-,10+,12-/m1/s1. The summed E-state index contributed by atoms with van der Waals surface area (Å²) < 4.78 is 0. The Morgan fingerprint density at radius 2 is 2.12 bits per heavy atom. The minimum absolute atomic E-state index is 0.166. The molecule has 2 fully saturated rings. The molecule has 2 rings (SSSR count).